The average molecular weight is 342 g/mol. The second kappa shape index (κ2) is 5.69. The highest BCUT2D eigenvalue weighted by atomic mass is 79.9. The highest BCUT2D eigenvalue weighted by Crippen LogP contribution is 2.30. The molecule has 0 saturated heterocycles. The van der Waals surface area contributed by atoms with E-state index in [4.69, 9.17) is 29.6 Å². The van der Waals surface area contributed by atoms with E-state index in [-0.39, 0.29) is 0 Å². The van der Waals surface area contributed by atoms with E-state index in [1.165, 1.54) is 0 Å². The van der Waals surface area contributed by atoms with Crippen molar-refractivity contribution in [3.05, 3.63) is 57.5 Å². The molecule has 0 aliphatic rings. The molecule has 0 saturated carbocycles. The molecule has 2 aromatic carbocycles. The predicted octanol–water partition coefficient (Wildman–Crippen LogP) is 4.48. The molecule has 0 aliphatic carbocycles. The summed E-state index contributed by atoms with van der Waals surface area (Å²) in [6.07, 6.45) is 0. The zero-order valence-corrected chi connectivity index (χ0v) is 12.4. The van der Waals surface area contributed by atoms with Crippen molar-refractivity contribution in [3.63, 3.8) is 0 Å². The van der Waals surface area contributed by atoms with Gasteiger partial charge in [-0.2, -0.15) is 0 Å². The molecule has 0 amide bonds. The fourth-order valence-electron chi connectivity index (χ4n) is 1.55. The molecule has 0 atom stereocenters. The number of para-hydroxylation sites is 1. The summed E-state index contributed by atoms with van der Waals surface area (Å²) >= 11 is 14.5. The maximum atomic E-state index is 5.97. The first-order chi connectivity index (χ1) is 8.58. The third-order valence-electron chi connectivity index (χ3n) is 2.39. The molecule has 0 radical (unpaired) electrons. The minimum absolute atomic E-state index is 0.358. The van der Waals surface area contributed by atoms with Crippen molar-refractivity contribution in [3.8, 4) is 0 Å². The lowest BCUT2D eigenvalue weighted by molar-refractivity contribution is 1.50. The maximum absolute atomic E-state index is 5.97. The summed E-state index contributed by atoms with van der Waals surface area (Å²) in [5, 5.41) is 3.92. The van der Waals surface area contributed by atoms with Crippen LogP contribution in [0.4, 0.5) is 11.4 Å². The van der Waals surface area contributed by atoms with Gasteiger partial charge in [-0.3, -0.25) is 0 Å². The lowest BCUT2D eigenvalue weighted by atomic mass is 10.1. The lowest BCUT2D eigenvalue weighted by Gasteiger charge is -2.12. The minimum Gasteiger partial charge on any atom is -0.389 e. The Bertz CT molecular complexity index is 601. The van der Waals surface area contributed by atoms with E-state index >= 15 is 0 Å². The van der Waals surface area contributed by atoms with Gasteiger partial charge in [0.1, 0.15) is 4.99 Å². The van der Waals surface area contributed by atoms with Crippen LogP contribution in [0.1, 0.15) is 5.56 Å². The number of rotatable bonds is 3. The van der Waals surface area contributed by atoms with Crippen LogP contribution in [-0.4, -0.2) is 4.99 Å². The summed E-state index contributed by atoms with van der Waals surface area (Å²) < 4.78 is 0.921. The topological polar surface area (TPSA) is 38.0 Å². The number of nitrogens with one attached hydrogen (secondary N) is 1. The number of hydrogen-bond donors (Lipinski definition) is 2. The Morgan fingerprint density at radius 1 is 1.17 bits per heavy atom. The van der Waals surface area contributed by atoms with Crippen LogP contribution < -0.4 is 11.1 Å². The predicted molar refractivity (Wildman–Crippen MR) is 84.8 cm³/mol. The van der Waals surface area contributed by atoms with Crippen LogP contribution >= 0.6 is 39.7 Å². The van der Waals surface area contributed by atoms with Crippen LogP contribution in [0.2, 0.25) is 5.02 Å². The van der Waals surface area contributed by atoms with Gasteiger partial charge in [-0.1, -0.05) is 36.0 Å². The largest absolute Gasteiger partial charge is 0.389 e. The Balaban J connectivity index is 2.40. The van der Waals surface area contributed by atoms with Crippen LogP contribution in [-0.2, 0) is 0 Å². The van der Waals surface area contributed by atoms with E-state index in [1.54, 1.807) is 0 Å². The van der Waals surface area contributed by atoms with Gasteiger partial charge in [0, 0.05) is 20.7 Å². The zero-order chi connectivity index (χ0) is 13.1. The summed E-state index contributed by atoms with van der Waals surface area (Å²) in [7, 11) is 0. The van der Waals surface area contributed by atoms with E-state index in [1.807, 2.05) is 42.5 Å². The molecule has 2 nitrogen and oxygen atoms in total. The van der Waals surface area contributed by atoms with Gasteiger partial charge in [-0.15, -0.1) is 0 Å². The molecule has 0 aliphatic heterocycles. The third kappa shape index (κ3) is 3.02. The fraction of sp³-hybridized carbons (Fsp3) is 0. The summed E-state index contributed by atoms with van der Waals surface area (Å²) in [5.41, 5.74) is 8.22. The van der Waals surface area contributed by atoms with E-state index in [2.05, 4.69) is 21.2 Å². The van der Waals surface area contributed by atoms with Gasteiger partial charge in [0.05, 0.1) is 5.69 Å². The Kier molecular flexibility index (Phi) is 4.22. The molecule has 0 spiro atoms. The smallest absolute Gasteiger partial charge is 0.106 e. The first kappa shape index (κ1) is 13.3. The van der Waals surface area contributed by atoms with Crippen LogP contribution in [0, 0.1) is 0 Å². The molecule has 92 valence electrons. The molecule has 2 aromatic rings. The van der Waals surface area contributed by atoms with Crippen molar-refractivity contribution >= 4 is 56.1 Å². The number of thiocarbonyl (C=S) groups is 1. The van der Waals surface area contributed by atoms with E-state index in [0.717, 1.165) is 21.4 Å². The molecule has 2 rings (SSSR count). The molecular formula is C13H10BrClN2S. The molecule has 18 heavy (non-hydrogen) atoms. The number of anilines is 2. The summed E-state index contributed by atoms with van der Waals surface area (Å²) in [5.74, 6) is 0. The van der Waals surface area contributed by atoms with Crippen molar-refractivity contribution in [2.45, 2.75) is 0 Å². The molecule has 0 aromatic heterocycles. The van der Waals surface area contributed by atoms with E-state index < -0.39 is 0 Å². The summed E-state index contributed by atoms with van der Waals surface area (Å²) in [6.45, 7) is 0. The monoisotopic (exact) mass is 340 g/mol. The van der Waals surface area contributed by atoms with Crippen LogP contribution in [0.15, 0.2) is 46.9 Å². The molecule has 0 heterocycles. The van der Waals surface area contributed by atoms with Gasteiger partial charge in [-0.05, 0) is 46.3 Å². The van der Waals surface area contributed by atoms with Gasteiger partial charge < -0.3 is 11.1 Å². The standard InChI is InChI=1S/C13H10BrClN2S/c14-10-6-5-8(15)7-12(10)17-11-4-2-1-3-9(11)13(16)18/h1-7,17H,(H2,16,18). The highest BCUT2D eigenvalue weighted by molar-refractivity contribution is 9.10. The minimum atomic E-state index is 0.358. The molecular weight excluding hydrogens is 332 g/mol. The first-order valence-corrected chi connectivity index (χ1v) is 6.77. The normalized spacial score (nSPS) is 10.1. The number of hydrogen-bond acceptors (Lipinski definition) is 2. The second-order valence-corrected chi connectivity index (χ2v) is 5.39. The highest BCUT2D eigenvalue weighted by Gasteiger charge is 2.06. The SMILES string of the molecule is NC(=S)c1ccccc1Nc1cc(Cl)ccc1Br. The van der Waals surface area contributed by atoms with E-state index in [0.29, 0.717) is 10.0 Å². The van der Waals surface area contributed by atoms with Gasteiger partial charge >= 0.3 is 0 Å². The fourth-order valence-corrected chi connectivity index (χ4v) is 2.24. The van der Waals surface area contributed by atoms with Gasteiger partial charge in [0.2, 0.25) is 0 Å². The number of nitrogens with two attached hydrogens (primary N) is 1. The van der Waals surface area contributed by atoms with Crippen LogP contribution in [0.5, 0.6) is 0 Å². The Morgan fingerprint density at radius 3 is 2.61 bits per heavy atom. The second-order valence-electron chi connectivity index (χ2n) is 3.66. The van der Waals surface area contributed by atoms with Crippen molar-refractivity contribution in [2.24, 2.45) is 5.73 Å². The van der Waals surface area contributed by atoms with Crippen molar-refractivity contribution < 1.29 is 0 Å². The Labute approximate surface area is 124 Å². The zero-order valence-electron chi connectivity index (χ0n) is 9.28. The Morgan fingerprint density at radius 2 is 1.89 bits per heavy atom. The van der Waals surface area contributed by atoms with E-state index in [9.17, 15) is 0 Å². The third-order valence-corrected chi connectivity index (χ3v) is 3.54. The summed E-state index contributed by atoms with van der Waals surface area (Å²) in [4.78, 5) is 0.358. The van der Waals surface area contributed by atoms with Gasteiger partial charge in [0.25, 0.3) is 0 Å². The van der Waals surface area contributed by atoms with Crippen molar-refractivity contribution in [2.75, 3.05) is 5.32 Å². The first-order valence-electron chi connectivity index (χ1n) is 5.19. The average Bonchev–Trinajstić information content (AvgIpc) is 2.34. The quantitative estimate of drug-likeness (QED) is 0.808. The van der Waals surface area contributed by atoms with Gasteiger partial charge in [-0.25, -0.2) is 0 Å². The number of benzene rings is 2. The van der Waals surface area contributed by atoms with Crippen LogP contribution in [0.3, 0.4) is 0 Å². The molecule has 0 bridgehead atoms. The van der Waals surface area contributed by atoms with Gasteiger partial charge in [0.15, 0.2) is 0 Å². The molecule has 0 fully saturated rings. The molecule has 5 heteroatoms. The molecule has 3 N–H and O–H groups in total. The Hall–Kier alpha value is -1.10. The van der Waals surface area contributed by atoms with Crippen molar-refractivity contribution in [1.29, 1.82) is 0 Å². The maximum Gasteiger partial charge on any atom is 0.106 e. The lowest BCUT2D eigenvalue weighted by Crippen LogP contribution is -2.11. The van der Waals surface area contributed by atoms with Crippen LogP contribution in [0.25, 0.3) is 0 Å². The number of halogens is 2. The molecule has 0 unspecified atom stereocenters. The summed E-state index contributed by atoms with van der Waals surface area (Å²) in [6, 6.07) is 13.1. The van der Waals surface area contributed by atoms with Crippen molar-refractivity contribution in [1.82, 2.24) is 0 Å².